The van der Waals surface area contributed by atoms with Gasteiger partial charge in [-0.2, -0.15) is 0 Å². The summed E-state index contributed by atoms with van der Waals surface area (Å²) in [5.41, 5.74) is 1.96. The van der Waals surface area contributed by atoms with E-state index in [1.807, 2.05) is 42.5 Å². The molecule has 2 aromatic carbocycles. The summed E-state index contributed by atoms with van der Waals surface area (Å²) >= 11 is 1.49. The molecule has 2 fully saturated rings. The predicted molar refractivity (Wildman–Crippen MR) is 172 cm³/mol. The van der Waals surface area contributed by atoms with Gasteiger partial charge in [0.05, 0.1) is 18.7 Å². The molecule has 2 atom stereocenters. The van der Waals surface area contributed by atoms with Gasteiger partial charge in [0, 0.05) is 60.0 Å². The summed E-state index contributed by atoms with van der Waals surface area (Å²) in [6.07, 6.45) is 4.39. The molecule has 1 unspecified atom stereocenters. The number of morpholine rings is 1. The first kappa shape index (κ1) is 30.7. The van der Waals surface area contributed by atoms with Crippen LogP contribution in [0.15, 0.2) is 79.3 Å². The maximum atomic E-state index is 14.5. The van der Waals surface area contributed by atoms with Crippen LogP contribution in [0, 0.1) is 0 Å². The maximum Gasteiger partial charge on any atom is 0.412 e. The molecule has 0 aliphatic carbocycles. The molecule has 11 heteroatoms. The van der Waals surface area contributed by atoms with Crippen LogP contribution in [0.2, 0.25) is 0 Å². The van der Waals surface area contributed by atoms with Gasteiger partial charge in [-0.05, 0) is 44.5 Å². The molecule has 0 spiro atoms. The highest BCUT2D eigenvalue weighted by Crippen LogP contribution is 2.43. The first-order chi connectivity index (χ1) is 21.7. The van der Waals surface area contributed by atoms with E-state index in [4.69, 9.17) is 14.2 Å². The van der Waals surface area contributed by atoms with Crippen molar-refractivity contribution in [2.24, 2.45) is 0 Å². The van der Waals surface area contributed by atoms with Crippen molar-refractivity contribution in [2.75, 3.05) is 32.1 Å². The Morgan fingerprint density at radius 3 is 2.51 bits per heavy atom. The van der Waals surface area contributed by atoms with E-state index in [0.717, 1.165) is 11.1 Å². The Kier molecular flexibility index (Phi) is 8.82. The zero-order valence-electron chi connectivity index (χ0n) is 25.5. The minimum atomic E-state index is -0.818. The fraction of sp³-hybridized carbons (Fsp3) is 0.353. The van der Waals surface area contributed by atoms with Crippen molar-refractivity contribution < 1.29 is 28.6 Å². The van der Waals surface area contributed by atoms with Crippen molar-refractivity contribution in [3.8, 4) is 5.75 Å². The average molecular weight is 629 g/mol. The number of aromatic nitrogens is 2. The van der Waals surface area contributed by atoms with Crippen LogP contribution in [0.3, 0.4) is 0 Å². The van der Waals surface area contributed by atoms with Crippen LogP contribution in [0.4, 0.5) is 9.59 Å². The largest absolute Gasteiger partial charge is 0.489 e. The van der Waals surface area contributed by atoms with Gasteiger partial charge in [-0.25, -0.2) is 9.59 Å². The van der Waals surface area contributed by atoms with Crippen molar-refractivity contribution in [3.63, 3.8) is 0 Å². The Balaban J connectivity index is 1.37. The third-order valence-corrected chi connectivity index (χ3v) is 8.98. The van der Waals surface area contributed by atoms with Gasteiger partial charge in [0.15, 0.2) is 5.78 Å². The second-order valence-electron chi connectivity index (χ2n) is 12.0. The number of rotatable bonds is 6. The number of thioether (sulfide) groups is 1. The van der Waals surface area contributed by atoms with Crippen molar-refractivity contribution in [2.45, 2.75) is 44.4 Å². The van der Waals surface area contributed by atoms with E-state index in [0.29, 0.717) is 60.9 Å². The second-order valence-corrected chi connectivity index (χ2v) is 13.1. The number of ether oxygens (including phenoxy) is 3. The van der Waals surface area contributed by atoms with E-state index in [9.17, 15) is 14.4 Å². The lowest BCUT2D eigenvalue weighted by molar-refractivity contribution is 0.0172. The zero-order chi connectivity index (χ0) is 31.6. The second kappa shape index (κ2) is 12.9. The SMILES string of the molecule is CC(C)(C)OC(=O)N1C(c2cccnc2)SC[C@H]1C(=O)c1cn(C(=O)N2CCOCC2)c2cc(OCc3ccccc3)ccc12. The summed E-state index contributed by atoms with van der Waals surface area (Å²) in [6.45, 7) is 7.54. The van der Waals surface area contributed by atoms with Crippen LogP contribution >= 0.6 is 11.8 Å². The number of fused-ring (bicyclic) bond motifs is 1. The van der Waals surface area contributed by atoms with Crippen molar-refractivity contribution in [3.05, 3.63) is 95.9 Å². The average Bonchev–Trinajstić information content (AvgIpc) is 3.66. The number of amides is 2. The molecule has 2 aromatic heterocycles. The van der Waals surface area contributed by atoms with Crippen LogP contribution in [-0.2, 0) is 16.1 Å². The van der Waals surface area contributed by atoms with Crippen molar-refractivity contribution >= 4 is 40.6 Å². The number of hydrogen-bond acceptors (Lipinski definition) is 8. The molecular formula is C34H36N4O6S. The van der Waals surface area contributed by atoms with E-state index in [-0.39, 0.29) is 11.8 Å². The zero-order valence-corrected chi connectivity index (χ0v) is 26.4. The molecule has 0 saturated carbocycles. The third kappa shape index (κ3) is 6.69. The fourth-order valence-corrected chi connectivity index (χ4v) is 6.91. The monoisotopic (exact) mass is 628 g/mol. The van der Waals surface area contributed by atoms with E-state index in [2.05, 4.69) is 4.98 Å². The molecule has 4 heterocycles. The summed E-state index contributed by atoms with van der Waals surface area (Å²) < 4.78 is 18.8. The summed E-state index contributed by atoms with van der Waals surface area (Å²) in [5.74, 6) is 0.666. The molecule has 0 N–H and O–H groups in total. The number of benzene rings is 2. The van der Waals surface area contributed by atoms with Crippen LogP contribution in [0.5, 0.6) is 5.75 Å². The lowest BCUT2D eigenvalue weighted by Gasteiger charge is -2.31. The third-order valence-electron chi connectivity index (χ3n) is 7.66. The molecular weight excluding hydrogens is 592 g/mol. The van der Waals surface area contributed by atoms with E-state index < -0.39 is 23.1 Å². The normalized spacial score (nSPS) is 18.6. The molecule has 2 aliphatic rings. The van der Waals surface area contributed by atoms with Gasteiger partial charge in [-0.3, -0.25) is 19.2 Å². The summed E-state index contributed by atoms with van der Waals surface area (Å²) in [5, 5.41) is 0.149. The van der Waals surface area contributed by atoms with Gasteiger partial charge in [0.1, 0.15) is 29.4 Å². The first-order valence-electron chi connectivity index (χ1n) is 15.0. The molecule has 4 aromatic rings. The summed E-state index contributed by atoms with van der Waals surface area (Å²) in [4.78, 5) is 49.4. The Bertz CT molecular complexity index is 1680. The van der Waals surface area contributed by atoms with Crippen LogP contribution < -0.4 is 4.74 Å². The van der Waals surface area contributed by atoms with Gasteiger partial charge >= 0.3 is 12.1 Å². The Morgan fingerprint density at radius 1 is 1.02 bits per heavy atom. The minimum Gasteiger partial charge on any atom is -0.489 e. The van der Waals surface area contributed by atoms with Gasteiger partial charge < -0.3 is 19.1 Å². The van der Waals surface area contributed by atoms with Crippen LogP contribution in [0.1, 0.15) is 47.6 Å². The number of carbonyl (C=O) groups is 3. The number of nitrogens with zero attached hydrogens (tertiary/aromatic N) is 4. The van der Waals surface area contributed by atoms with Crippen molar-refractivity contribution in [1.82, 2.24) is 19.4 Å². The minimum absolute atomic E-state index is 0.249. The molecule has 2 amide bonds. The summed E-state index contributed by atoms with van der Waals surface area (Å²) in [6, 6.07) is 17.8. The molecule has 2 saturated heterocycles. The lowest BCUT2D eigenvalue weighted by atomic mass is 10.0. The molecule has 6 rings (SSSR count). The quantitative estimate of drug-likeness (QED) is 0.234. The molecule has 45 heavy (non-hydrogen) atoms. The Labute approximate surface area is 266 Å². The lowest BCUT2D eigenvalue weighted by Crippen LogP contribution is -2.45. The number of carbonyl (C=O) groups excluding carboxylic acids is 3. The standard InChI is InChI=1S/C34H36N4O6S/c1-34(2,3)44-33(41)38-29(22-45-31(38)24-10-7-13-35-19-24)30(39)27-20-37(32(40)36-14-16-42-17-15-36)28-18-25(11-12-26(27)28)43-21-23-8-5-4-6-9-23/h4-13,18-20,29,31H,14-17,21-22H2,1-3H3/t29-,31?/m0/s1. The smallest absolute Gasteiger partial charge is 0.412 e. The van der Waals surface area contributed by atoms with Gasteiger partial charge in [-0.1, -0.05) is 36.4 Å². The topological polar surface area (TPSA) is 103 Å². The Hall–Kier alpha value is -4.35. The maximum absolute atomic E-state index is 14.5. The van der Waals surface area contributed by atoms with E-state index >= 15 is 0 Å². The number of Topliss-reactive ketones (excluding diaryl/α,β-unsaturated/α-hetero) is 1. The molecule has 0 bridgehead atoms. The molecule has 234 valence electrons. The van der Waals surface area contributed by atoms with Gasteiger partial charge in [0.2, 0.25) is 0 Å². The molecule has 2 aliphatic heterocycles. The van der Waals surface area contributed by atoms with Crippen LogP contribution in [-0.4, -0.2) is 81.0 Å². The van der Waals surface area contributed by atoms with Crippen molar-refractivity contribution in [1.29, 1.82) is 0 Å². The number of hydrogen-bond donors (Lipinski definition) is 0. The number of pyridine rings is 1. The molecule has 0 radical (unpaired) electrons. The number of ketones is 1. The highest BCUT2D eigenvalue weighted by molar-refractivity contribution is 7.99. The van der Waals surface area contributed by atoms with Gasteiger partial charge in [0.25, 0.3) is 0 Å². The van der Waals surface area contributed by atoms with Gasteiger partial charge in [-0.15, -0.1) is 11.8 Å². The Morgan fingerprint density at radius 2 is 1.80 bits per heavy atom. The fourth-order valence-electron chi connectivity index (χ4n) is 5.50. The summed E-state index contributed by atoms with van der Waals surface area (Å²) in [7, 11) is 0. The highest BCUT2D eigenvalue weighted by Gasteiger charge is 2.45. The van der Waals surface area contributed by atoms with E-state index in [1.165, 1.54) is 21.2 Å². The van der Waals surface area contributed by atoms with Crippen LogP contribution in [0.25, 0.3) is 10.9 Å². The first-order valence-corrected chi connectivity index (χ1v) is 16.0. The highest BCUT2D eigenvalue weighted by atomic mass is 32.2. The molecule has 10 nitrogen and oxygen atoms in total. The predicted octanol–water partition coefficient (Wildman–Crippen LogP) is 6.15. The van der Waals surface area contributed by atoms with E-state index in [1.54, 1.807) is 62.5 Å².